The second kappa shape index (κ2) is 7.45. The topological polar surface area (TPSA) is 92.9 Å². The van der Waals surface area contributed by atoms with E-state index in [4.69, 9.17) is 15.6 Å². The van der Waals surface area contributed by atoms with Crippen molar-refractivity contribution in [3.8, 4) is 0 Å². The van der Waals surface area contributed by atoms with E-state index in [1.165, 1.54) is 0 Å². The number of nitrogens with zero attached hydrogens (tertiary/aromatic N) is 1. The van der Waals surface area contributed by atoms with E-state index in [1.54, 1.807) is 4.90 Å². The predicted octanol–water partition coefficient (Wildman–Crippen LogP) is 0.310. The number of carbonyl (C=O) groups excluding carboxylic acids is 1. The van der Waals surface area contributed by atoms with Gasteiger partial charge in [0.1, 0.15) is 5.92 Å². The van der Waals surface area contributed by atoms with Crippen molar-refractivity contribution in [1.29, 1.82) is 0 Å². The zero-order chi connectivity index (χ0) is 14.4. The average molecular weight is 272 g/mol. The molecule has 3 atom stereocenters. The Morgan fingerprint density at radius 3 is 2.68 bits per heavy atom. The van der Waals surface area contributed by atoms with Crippen LogP contribution in [-0.4, -0.2) is 54.2 Å². The minimum Gasteiger partial charge on any atom is -0.481 e. The molecule has 0 bridgehead atoms. The van der Waals surface area contributed by atoms with Crippen LogP contribution in [0, 0.1) is 11.8 Å². The summed E-state index contributed by atoms with van der Waals surface area (Å²) in [4.78, 5) is 25.0. The van der Waals surface area contributed by atoms with Crippen molar-refractivity contribution < 1.29 is 19.4 Å². The molecule has 1 amide bonds. The van der Waals surface area contributed by atoms with E-state index in [9.17, 15) is 9.59 Å². The lowest BCUT2D eigenvalue weighted by molar-refractivity contribution is -0.145. The van der Waals surface area contributed by atoms with Crippen LogP contribution < -0.4 is 5.73 Å². The Balaban J connectivity index is 2.61. The van der Waals surface area contributed by atoms with E-state index in [2.05, 4.69) is 0 Å². The molecule has 1 aliphatic rings. The lowest BCUT2D eigenvalue weighted by Gasteiger charge is -2.29. The molecular weight excluding hydrogens is 248 g/mol. The van der Waals surface area contributed by atoms with Gasteiger partial charge in [0, 0.05) is 13.0 Å². The maximum atomic E-state index is 12.2. The first-order valence-electron chi connectivity index (χ1n) is 6.81. The van der Waals surface area contributed by atoms with Crippen LogP contribution in [0.25, 0.3) is 0 Å². The SMILES string of the molecule is CCN(C(=O)CCC(C)CN)C1COCC1C(=O)O. The molecule has 0 saturated carbocycles. The lowest BCUT2D eigenvalue weighted by atomic mass is 10.0. The molecule has 1 fully saturated rings. The van der Waals surface area contributed by atoms with Gasteiger partial charge in [-0.15, -0.1) is 0 Å². The third-order valence-electron chi connectivity index (χ3n) is 3.68. The highest BCUT2D eigenvalue weighted by atomic mass is 16.5. The molecule has 3 unspecified atom stereocenters. The molecule has 0 aromatic heterocycles. The smallest absolute Gasteiger partial charge is 0.311 e. The van der Waals surface area contributed by atoms with Crippen LogP contribution in [0.4, 0.5) is 0 Å². The molecule has 0 aromatic carbocycles. The summed E-state index contributed by atoms with van der Waals surface area (Å²) in [5, 5.41) is 9.13. The van der Waals surface area contributed by atoms with Crippen LogP contribution in [0.1, 0.15) is 26.7 Å². The fourth-order valence-corrected chi connectivity index (χ4v) is 2.31. The van der Waals surface area contributed by atoms with E-state index in [0.29, 0.717) is 32.0 Å². The molecule has 0 radical (unpaired) electrons. The Bertz CT molecular complexity index is 322. The number of nitrogens with two attached hydrogens (primary N) is 1. The summed E-state index contributed by atoms with van der Waals surface area (Å²) in [6.45, 7) is 5.42. The number of carboxylic acid groups (broad SMARTS) is 1. The van der Waals surface area contributed by atoms with Gasteiger partial charge in [0.2, 0.25) is 5.91 Å². The summed E-state index contributed by atoms with van der Waals surface area (Å²) < 4.78 is 5.22. The molecule has 110 valence electrons. The molecule has 3 N–H and O–H groups in total. The number of hydrogen-bond acceptors (Lipinski definition) is 4. The summed E-state index contributed by atoms with van der Waals surface area (Å²) in [5.41, 5.74) is 5.53. The van der Waals surface area contributed by atoms with Crippen LogP contribution in [0.3, 0.4) is 0 Å². The Morgan fingerprint density at radius 1 is 1.47 bits per heavy atom. The molecule has 1 saturated heterocycles. The van der Waals surface area contributed by atoms with E-state index >= 15 is 0 Å². The van der Waals surface area contributed by atoms with Gasteiger partial charge >= 0.3 is 5.97 Å². The van der Waals surface area contributed by atoms with Gasteiger partial charge in [-0.25, -0.2) is 0 Å². The fourth-order valence-electron chi connectivity index (χ4n) is 2.31. The Hall–Kier alpha value is -1.14. The van der Waals surface area contributed by atoms with E-state index in [0.717, 1.165) is 6.42 Å². The van der Waals surface area contributed by atoms with E-state index in [1.807, 2.05) is 13.8 Å². The molecule has 19 heavy (non-hydrogen) atoms. The number of ether oxygens (including phenoxy) is 1. The van der Waals surface area contributed by atoms with E-state index in [-0.39, 0.29) is 18.6 Å². The number of rotatable bonds is 7. The summed E-state index contributed by atoms with van der Waals surface area (Å²) in [6, 6.07) is -0.344. The first-order chi connectivity index (χ1) is 9.01. The molecule has 1 aliphatic heterocycles. The Morgan fingerprint density at radius 2 is 2.16 bits per heavy atom. The van der Waals surface area contributed by atoms with Crippen molar-refractivity contribution in [1.82, 2.24) is 4.90 Å². The summed E-state index contributed by atoms with van der Waals surface area (Å²) in [6.07, 6.45) is 1.15. The third kappa shape index (κ3) is 4.18. The van der Waals surface area contributed by atoms with Crippen molar-refractivity contribution in [2.45, 2.75) is 32.7 Å². The largest absolute Gasteiger partial charge is 0.481 e. The third-order valence-corrected chi connectivity index (χ3v) is 3.68. The molecule has 6 heteroatoms. The zero-order valence-electron chi connectivity index (χ0n) is 11.7. The molecule has 0 aromatic rings. The van der Waals surface area contributed by atoms with Crippen molar-refractivity contribution in [3.05, 3.63) is 0 Å². The van der Waals surface area contributed by atoms with E-state index < -0.39 is 11.9 Å². The highest BCUT2D eigenvalue weighted by molar-refractivity contribution is 5.78. The monoisotopic (exact) mass is 272 g/mol. The normalized spacial score (nSPS) is 24.2. The highest BCUT2D eigenvalue weighted by Crippen LogP contribution is 2.21. The van der Waals surface area contributed by atoms with Crippen molar-refractivity contribution >= 4 is 11.9 Å². The number of likely N-dealkylation sites (N-methyl/N-ethyl adjacent to an activating group) is 1. The number of carbonyl (C=O) groups is 2. The molecule has 6 nitrogen and oxygen atoms in total. The number of hydrogen-bond donors (Lipinski definition) is 2. The van der Waals surface area contributed by atoms with Gasteiger partial charge in [0.25, 0.3) is 0 Å². The summed E-state index contributed by atoms with van der Waals surface area (Å²) >= 11 is 0. The molecule has 0 spiro atoms. The highest BCUT2D eigenvalue weighted by Gasteiger charge is 2.39. The standard InChI is InChI=1S/C13H24N2O4/c1-3-15(12(16)5-4-9(2)6-14)11-8-19-7-10(11)13(17)18/h9-11H,3-8,14H2,1-2H3,(H,17,18). The first kappa shape index (κ1) is 15.9. The van der Waals surface area contributed by atoms with Gasteiger partial charge in [0.15, 0.2) is 0 Å². The van der Waals surface area contributed by atoms with Crippen molar-refractivity contribution in [2.75, 3.05) is 26.3 Å². The van der Waals surface area contributed by atoms with Gasteiger partial charge in [-0.2, -0.15) is 0 Å². The molecule has 1 heterocycles. The quantitative estimate of drug-likeness (QED) is 0.695. The van der Waals surface area contributed by atoms with Crippen LogP contribution in [-0.2, 0) is 14.3 Å². The summed E-state index contributed by atoms with van der Waals surface area (Å²) in [5.74, 6) is -1.22. The summed E-state index contributed by atoms with van der Waals surface area (Å²) in [7, 11) is 0. The Labute approximate surface area is 113 Å². The van der Waals surface area contributed by atoms with Crippen LogP contribution in [0.2, 0.25) is 0 Å². The second-order valence-corrected chi connectivity index (χ2v) is 5.11. The van der Waals surface area contributed by atoms with Crippen molar-refractivity contribution in [2.24, 2.45) is 17.6 Å². The van der Waals surface area contributed by atoms with Gasteiger partial charge in [0.05, 0.1) is 19.3 Å². The minimum atomic E-state index is -0.899. The average Bonchev–Trinajstić information content (AvgIpc) is 2.86. The Kier molecular flexibility index (Phi) is 6.24. The number of carboxylic acids is 1. The van der Waals surface area contributed by atoms with Crippen LogP contribution >= 0.6 is 0 Å². The zero-order valence-corrected chi connectivity index (χ0v) is 11.7. The number of amides is 1. The predicted molar refractivity (Wildman–Crippen MR) is 70.6 cm³/mol. The maximum absolute atomic E-state index is 12.2. The maximum Gasteiger partial charge on any atom is 0.311 e. The van der Waals surface area contributed by atoms with Gasteiger partial charge < -0.3 is 20.5 Å². The first-order valence-corrected chi connectivity index (χ1v) is 6.81. The van der Waals surface area contributed by atoms with Gasteiger partial charge in [-0.3, -0.25) is 9.59 Å². The molecule has 0 aliphatic carbocycles. The van der Waals surface area contributed by atoms with Crippen LogP contribution in [0.5, 0.6) is 0 Å². The number of aliphatic carboxylic acids is 1. The second-order valence-electron chi connectivity index (χ2n) is 5.11. The lowest BCUT2D eigenvalue weighted by Crippen LogP contribution is -2.46. The fraction of sp³-hybridized carbons (Fsp3) is 0.846. The van der Waals surface area contributed by atoms with Crippen LogP contribution in [0.15, 0.2) is 0 Å². The van der Waals surface area contributed by atoms with Gasteiger partial charge in [-0.05, 0) is 25.8 Å². The van der Waals surface area contributed by atoms with Crippen molar-refractivity contribution in [3.63, 3.8) is 0 Å². The molecule has 1 rings (SSSR count). The minimum absolute atomic E-state index is 0.00968. The molecular formula is C13H24N2O4. The van der Waals surface area contributed by atoms with Gasteiger partial charge in [-0.1, -0.05) is 6.92 Å².